The third kappa shape index (κ3) is 5.80. The van der Waals surface area contributed by atoms with Crippen LogP contribution in [0.4, 0.5) is 0 Å². The summed E-state index contributed by atoms with van der Waals surface area (Å²) in [5, 5.41) is 4.34. The first-order valence-corrected chi connectivity index (χ1v) is 8.14. The maximum absolute atomic E-state index is 6.31. The number of benzene rings is 2. The molecule has 2 rings (SSSR count). The molecule has 0 radical (unpaired) electrons. The minimum absolute atomic E-state index is 0.513. The van der Waals surface area contributed by atoms with Crippen LogP contribution in [0.2, 0.25) is 5.02 Å². The van der Waals surface area contributed by atoms with Crippen molar-refractivity contribution in [2.45, 2.75) is 12.8 Å². The second kappa shape index (κ2) is 9.62. The quantitative estimate of drug-likeness (QED) is 0.706. The monoisotopic (exact) mass is 317 g/mol. The Bertz CT molecular complexity index is 544. The van der Waals surface area contributed by atoms with Crippen molar-refractivity contribution < 1.29 is 4.74 Å². The van der Waals surface area contributed by atoms with E-state index in [0.717, 1.165) is 37.6 Å². The largest absolute Gasteiger partial charge is 0.383 e. The lowest BCUT2D eigenvalue weighted by molar-refractivity contribution is 0.197. The summed E-state index contributed by atoms with van der Waals surface area (Å²) in [6.07, 6.45) is 2.03. The third-order valence-electron chi connectivity index (χ3n) is 3.75. The van der Waals surface area contributed by atoms with Gasteiger partial charge in [0.2, 0.25) is 0 Å². The van der Waals surface area contributed by atoms with Gasteiger partial charge in [-0.2, -0.15) is 0 Å². The molecule has 0 fully saturated rings. The molecule has 0 aliphatic heterocycles. The Morgan fingerprint density at radius 1 is 1.00 bits per heavy atom. The van der Waals surface area contributed by atoms with Crippen LogP contribution in [0, 0.1) is 5.92 Å². The van der Waals surface area contributed by atoms with E-state index in [0.29, 0.717) is 5.92 Å². The first-order valence-electron chi connectivity index (χ1n) is 7.76. The molecule has 2 aromatic carbocycles. The van der Waals surface area contributed by atoms with Crippen LogP contribution in [0.1, 0.15) is 11.1 Å². The fourth-order valence-electron chi connectivity index (χ4n) is 2.62. The van der Waals surface area contributed by atoms with Crippen LogP contribution >= 0.6 is 11.6 Å². The summed E-state index contributed by atoms with van der Waals surface area (Å²) in [4.78, 5) is 0. The highest BCUT2D eigenvalue weighted by Crippen LogP contribution is 2.21. The molecule has 0 aromatic heterocycles. The minimum Gasteiger partial charge on any atom is -0.383 e. The molecule has 1 unspecified atom stereocenters. The molecule has 0 saturated heterocycles. The predicted molar refractivity (Wildman–Crippen MR) is 93.5 cm³/mol. The summed E-state index contributed by atoms with van der Waals surface area (Å²) in [5.74, 6) is 0.513. The van der Waals surface area contributed by atoms with Crippen molar-refractivity contribution in [3.63, 3.8) is 0 Å². The molecule has 0 bridgehead atoms. The molecule has 0 spiro atoms. The molecule has 2 aromatic rings. The molecular weight excluding hydrogens is 294 g/mol. The average molecular weight is 318 g/mol. The van der Waals surface area contributed by atoms with E-state index in [1.807, 2.05) is 12.1 Å². The zero-order valence-electron chi connectivity index (χ0n) is 13.1. The Balaban J connectivity index is 1.99. The molecular formula is C19H24ClNO. The van der Waals surface area contributed by atoms with E-state index < -0.39 is 0 Å². The molecule has 3 heteroatoms. The lowest BCUT2D eigenvalue weighted by Gasteiger charge is -2.19. The van der Waals surface area contributed by atoms with Crippen LogP contribution in [0.5, 0.6) is 0 Å². The Labute approximate surface area is 138 Å². The Morgan fingerprint density at radius 3 is 2.45 bits per heavy atom. The number of nitrogens with one attached hydrogen (secondary N) is 1. The third-order valence-corrected chi connectivity index (χ3v) is 4.12. The van der Waals surface area contributed by atoms with Gasteiger partial charge < -0.3 is 10.1 Å². The number of ether oxygens (including phenoxy) is 1. The van der Waals surface area contributed by atoms with E-state index in [1.54, 1.807) is 7.11 Å². The summed E-state index contributed by atoms with van der Waals surface area (Å²) in [6, 6.07) is 18.8. The van der Waals surface area contributed by atoms with E-state index in [2.05, 4.69) is 47.8 Å². The zero-order valence-corrected chi connectivity index (χ0v) is 13.9. The van der Waals surface area contributed by atoms with Crippen LogP contribution in [0.15, 0.2) is 54.6 Å². The number of hydrogen-bond donors (Lipinski definition) is 1. The van der Waals surface area contributed by atoms with Gasteiger partial charge in [-0.1, -0.05) is 60.1 Å². The molecule has 0 saturated carbocycles. The van der Waals surface area contributed by atoms with E-state index in [4.69, 9.17) is 16.3 Å². The maximum atomic E-state index is 6.31. The van der Waals surface area contributed by atoms with Gasteiger partial charge in [-0.15, -0.1) is 0 Å². The lowest BCUT2D eigenvalue weighted by atomic mass is 9.92. The molecule has 1 atom stereocenters. The number of halogens is 1. The van der Waals surface area contributed by atoms with E-state index >= 15 is 0 Å². The van der Waals surface area contributed by atoms with Gasteiger partial charge in [0.25, 0.3) is 0 Å². The topological polar surface area (TPSA) is 21.3 Å². The Morgan fingerprint density at radius 2 is 1.73 bits per heavy atom. The fraction of sp³-hybridized carbons (Fsp3) is 0.368. The molecule has 0 aliphatic rings. The molecule has 0 aliphatic carbocycles. The van der Waals surface area contributed by atoms with Gasteiger partial charge in [0, 0.05) is 18.7 Å². The molecule has 0 heterocycles. The van der Waals surface area contributed by atoms with Gasteiger partial charge >= 0.3 is 0 Å². The summed E-state index contributed by atoms with van der Waals surface area (Å²) < 4.78 is 5.10. The average Bonchev–Trinajstić information content (AvgIpc) is 2.54. The summed E-state index contributed by atoms with van der Waals surface area (Å²) in [5.41, 5.74) is 2.59. The molecule has 2 nitrogen and oxygen atoms in total. The fourth-order valence-corrected chi connectivity index (χ4v) is 2.83. The van der Waals surface area contributed by atoms with Crippen molar-refractivity contribution in [1.29, 1.82) is 0 Å². The standard InChI is InChI=1S/C19H24ClNO/c1-22-12-11-21-15-17(13-16-7-3-2-4-8-16)14-18-9-5-6-10-19(18)20/h2-10,17,21H,11-15H2,1H3. The first-order chi connectivity index (χ1) is 10.8. The van der Waals surface area contributed by atoms with E-state index in [9.17, 15) is 0 Å². The second-order valence-electron chi connectivity index (χ2n) is 5.55. The molecule has 118 valence electrons. The highest BCUT2D eigenvalue weighted by molar-refractivity contribution is 6.31. The molecule has 22 heavy (non-hydrogen) atoms. The lowest BCUT2D eigenvalue weighted by Crippen LogP contribution is -2.28. The normalized spacial score (nSPS) is 12.3. The number of hydrogen-bond acceptors (Lipinski definition) is 2. The second-order valence-corrected chi connectivity index (χ2v) is 5.96. The van der Waals surface area contributed by atoms with Crippen molar-refractivity contribution in [2.24, 2.45) is 5.92 Å². The summed E-state index contributed by atoms with van der Waals surface area (Å²) in [7, 11) is 1.73. The van der Waals surface area contributed by atoms with Gasteiger partial charge in [0.15, 0.2) is 0 Å². The Hall–Kier alpha value is -1.35. The minimum atomic E-state index is 0.513. The van der Waals surface area contributed by atoms with Gasteiger partial charge in [-0.3, -0.25) is 0 Å². The van der Waals surface area contributed by atoms with E-state index in [-0.39, 0.29) is 0 Å². The molecule has 1 N–H and O–H groups in total. The number of methoxy groups -OCH3 is 1. The molecule has 0 amide bonds. The van der Waals surface area contributed by atoms with Gasteiger partial charge in [-0.05, 0) is 42.5 Å². The van der Waals surface area contributed by atoms with Crippen molar-refractivity contribution in [3.05, 3.63) is 70.7 Å². The summed E-state index contributed by atoms with van der Waals surface area (Å²) >= 11 is 6.31. The highest BCUT2D eigenvalue weighted by atomic mass is 35.5. The van der Waals surface area contributed by atoms with Crippen LogP contribution in [-0.4, -0.2) is 26.8 Å². The highest BCUT2D eigenvalue weighted by Gasteiger charge is 2.12. The van der Waals surface area contributed by atoms with Gasteiger partial charge in [0.1, 0.15) is 0 Å². The van der Waals surface area contributed by atoms with Crippen LogP contribution < -0.4 is 5.32 Å². The van der Waals surface area contributed by atoms with Crippen molar-refractivity contribution in [2.75, 3.05) is 26.8 Å². The SMILES string of the molecule is COCCNCC(Cc1ccccc1)Cc1ccccc1Cl. The Kier molecular flexibility index (Phi) is 7.44. The first kappa shape index (κ1) is 17.0. The van der Waals surface area contributed by atoms with Crippen LogP contribution in [0.3, 0.4) is 0 Å². The van der Waals surface area contributed by atoms with E-state index in [1.165, 1.54) is 11.1 Å². The van der Waals surface area contributed by atoms with Gasteiger partial charge in [-0.25, -0.2) is 0 Å². The smallest absolute Gasteiger partial charge is 0.0587 e. The van der Waals surface area contributed by atoms with Crippen molar-refractivity contribution >= 4 is 11.6 Å². The van der Waals surface area contributed by atoms with Crippen LogP contribution in [-0.2, 0) is 17.6 Å². The van der Waals surface area contributed by atoms with Gasteiger partial charge in [0.05, 0.1) is 6.61 Å². The number of rotatable bonds is 9. The zero-order chi connectivity index (χ0) is 15.6. The predicted octanol–water partition coefficient (Wildman–Crippen LogP) is 3.98. The van der Waals surface area contributed by atoms with Crippen LogP contribution in [0.25, 0.3) is 0 Å². The summed E-state index contributed by atoms with van der Waals surface area (Å²) in [6.45, 7) is 2.58. The van der Waals surface area contributed by atoms with Crippen molar-refractivity contribution in [1.82, 2.24) is 5.32 Å². The maximum Gasteiger partial charge on any atom is 0.0587 e. The van der Waals surface area contributed by atoms with Crippen molar-refractivity contribution in [3.8, 4) is 0 Å².